The molecule has 0 bridgehead atoms. The van der Waals surface area contributed by atoms with Gasteiger partial charge in [-0.15, -0.1) is 5.10 Å². The van der Waals surface area contributed by atoms with E-state index in [0.717, 1.165) is 4.90 Å². The predicted molar refractivity (Wildman–Crippen MR) is 209 cm³/mol. The Labute approximate surface area is 340 Å². The number of carbonyl (C=O) groups is 4. The van der Waals surface area contributed by atoms with Gasteiger partial charge in [-0.3, -0.25) is 23.9 Å². The van der Waals surface area contributed by atoms with Crippen molar-refractivity contribution in [3.05, 3.63) is 46.8 Å². The lowest BCUT2D eigenvalue weighted by molar-refractivity contribution is -0.244. The van der Waals surface area contributed by atoms with Gasteiger partial charge in [-0.05, 0) is 97.1 Å². The van der Waals surface area contributed by atoms with Gasteiger partial charge >= 0.3 is 12.3 Å². The number of amides is 4. The number of nitrogens with one attached hydrogen (secondary N) is 3. The van der Waals surface area contributed by atoms with Crippen LogP contribution in [0.4, 0.5) is 18.0 Å². The van der Waals surface area contributed by atoms with E-state index in [9.17, 15) is 45.6 Å². The van der Waals surface area contributed by atoms with Gasteiger partial charge in [0.2, 0.25) is 33.3 Å². The first-order chi connectivity index (χ1) is 27.4. The Hall–Kier alpha value is -4.68. The Kier molecular flexibility index (Phi) is 11.7. The van der Waals surface area contributed by atoms with E-state index >= 15 is 0 Å². The van der Waals surface area contributed by atoms with Crippen LogP contribution in [0.5, 0.6) is 5.88 Å². The highest BCUT2D eigenvalue weighted by Gasteiger charge is 2.63. The van der Waals surface area contributed by atoms with Crippen LogP contribution in [-0.4, -0.2) is 93.7 Å². The summed E-state index contributed by atoms with van der Waals surface area (Å²) in [5.74, 6) is -3.79. The highest BCUT2D eigenvalue weighted by Crippen LogP contribution is 2.47. The number of allylic oxidation sites excluding steroid dienone is 1. The molecule has 0 radical (unpaired) electrons. The Morgan fingerprint density at radius 1 is 1.05 bits per heavy atom. The third kappa shape index (κ3) is 8.80. The first-order valence-corrected chi connectivity index (χ1v) is 21.5. The van der Waals surface area contributed by atoms with Gasteiger partial charge in [-0.25, -0.2) is 17.9 Å². The molecular formula is C40H53F3N6O9S. The van der Waals surface area contributed by atoms with Gasteiger partial charge in [0.15, 0.2) is 0 Å². The average molecular weight is 851 g/mol. The standard InChI is InChI=1S/C40H53F3N6O9S/c1-22(2)49-33(51)28-15-11-10-14-27(28)32(46-49)57-26-19-29-31(50)45-39(35(53)47-59(55,56)38(7)16-17-38)20-25(39)13-9-8-12-23(3)18-24(4)30(34(52)48(29)21-26)44-36(54)58-37(5,6)40(41,42)43/h9-11,13-15,22-26,29-30H,8,12,16-21H2,1-7H3,(H,44,54)(H,45,50)(H,47,53)/b13-9-/t23-,24+,25+,26+,29-,30-,39+/m0/s1. The number of alkyl halides is 3. The lowest BCUT2D eigenvalue weighted by Gasteiger charge is -2.34. The molecule has 0 unspecified atom stereocenters. The molecule has 1 aromatic carbocycles. The quantitative estimate of drug-likeness (QED) is 0.315. The van der Waals surface area contributed by atoms with Crippen molar-refractivity contribution in [3.8, 4) is 5.88 Å². The number of ether oxygens (including phenoxy) is 2. The van der Waals surface area contributed by atoms with Crippen molar-refractivity contribution in [1.82, 2.24) is 30.0 Å². The maximum Gasteiger partial charge on any atom is 0.427 e. The third-order valence-corrected chi connectivity index (χ3v) is 14.3. The number of rotatable bonds is 8. The van der Waals surface area contributed by atoms with Gasteiger partial charge < -0.3 is 25.0 Å². The lowest BCUT2D eigenvalue weighted by atomic mass is 9.88. The second kappa shape index (κ2) is 15.7. The van der Waals surface area contributed by atoms with Crippen molar-refractivity contribution in [3.63, 3.8) is 0 Å². The number of alkyl carbamates (subject to hydrolysis) is 1. The number of halogens is 3. The van der Waals surface area contributed by atoms with Crippen molar-refractivity contribution in [2.24, 2.45) is 17.8 Å². The predicted octanol–water partition coefficient (Wildman–Crippen LogP) is 4.65. The summed E-state index contributed by atoms with van der Waals surface area (Å²) in [4.78, 5) is 70.9. The Bertz CT molecular complexity index is 2210. The Morgan fingerprint density at radius 2 is 1.71 bits per heavy atom. The molecule has 1 saturated heterocycles. The second-order valence-electron chi connectivity index (χ2n) is 17.7. The number of hydrogen-bond donors (Lipinski definition) is 3. The van der Waals surface area contributed by atoms with E-state index in [1.807, 2.05) is 13.0 Å². The van der Waals surface area contributed by atoms with E-state index in [2.05, 4.69) is 20.5 Å². The Balaban J connectivity index is 1.38. The summed E-state index contributed by atoms with van der Waals surface area (Å²) in [6.45, 7) is 9.74. The SMILES string of the molecule is CC(C)n1nc(O[C@@H]2C[C@H]3C(=O)N[C@]4(C(=O)NS(=O)(=O)C5(C)CC5)C[C@H]4/C=C\CC[C@H](C)C[C@@H](C)[C@H](NC(=O)OC(C)(C)C(F)(F)F)C(=O)N3C2)c2ccccc2c1=O. The number of carbonyl (C=O) groups excluding carboxylic acids is 4. The zero-order valence-electron chi connectivity index (χ0n) is 34.2. The van der Waals surface area contributed by atoms with Gasteiger partial charge in [-0.1, -0.05) is 38.1 Å². The first kappa shape index (κ1) is 43.9. The summed E-state index contributed by atoms with van der Waals surface area (Å²) in [5, 5.41) is 10.3. The van der Waals surface area contributed by atoms with Crippen LogP contribution in [0.1, 0.15) is 99.5 Å². The first-order valence-electron chi connectivity index (χ1n) is 20.0. The summed E-state index contributed by atoms with van der Waals surface area (Å²) in [6, 6.07) is 3.43. The molecule has 0 spiro atoms. The summed E-state index contributed by atoms with van der Waals surface area (Å²) < 4.78 is 81.2. The molecular weight excluding hydrogens is 798 g/mol. The number of sulfonamides is 1. The zero-order chi connectivity index (χ0) is 43.5. The van der Waals surface area contributed by atoms with Crippen molar-refractivity contribution in [2.75, 3.05) is 6.54 Å². The molecule has 2 saturated carbocycles. The minimum atomic E-state index is -4.93. The summed E-state index contributed by atoms with van der Waals surface area (Å²) >= 11 is 0. The highest BCUT2D eigenvalue weighted by atomic mass is 32.2. The molecule has 1 aromatic heterocycles. The molecule has 4 aliphatic rings. The molecule has 7 atom stereocenters. The molecule has 3 fully saturated rings. The molecule has 2 aliphatic heterocycles. The number of hydrogen-bond acceptors (Lipinski definition) is 10. The minimum Gasteiger partial charge on any atom is -0.471 e. The Morgan fingerprint density at radius 3 is 2.34 bits per heavy atom. The molecule has 19 heteroatoms. The normalized spacial score (nSPS) is 29.3. The van der Waals surface area contributed by atoms with E-state index in [0.29, 0.717) is 56.7 Å². The van der Waals surface area contributed by atoms with Crippen molar-refractivity contribution < 1.29 is 50.2 Å². The van der Waals surface area contributed by atoms with E-state index in [-0.39, 0.29) is 42.8 Å². The fourth-order valence-electron chi connectivity index (χ4n) is 7.81. The molecule has 2 aliphatic carbocycles. The number of fused-ring (bicyclic) bond motifs is 3. The van der Waals surface area contributed by atoms with E-state index in [1.54, 1.807) is 51.1 Å². The molecule has 3 heterocycles. The second-order valence-corrected chi connectivity index (χ2v) is 19.9. The molecule has 4 amide bonds. The van der Waals surface area contributed by atoms with E-state index in [1.165, 1.54) is 11.6 Å². The summed E-state index contributed by atoms with van der Waals surface area (Å²) in [7, 11) is -4.10. The van der Waals surface area contributed by atoms with E-state index in [4.69, 9.17) is 9.47 Å². The molecule has 59 heavy (non-hydrogen) atoms. The van der Waals surface area contributed by atoms with Crippen LogP contribution in [0.25, 0.3) is 10.8 Å². The molecule has 324 valence electrons. The average Bonchev–Trinajstić information content (AvgIpc) is 4.02. The van der Waals surface area contributed by atoms with Gasteiger partial charge in [0.05, 0.1) is 28.1 Å². The van der Waals surface area contributed by atoms with E-state index < -0.39 is 85.9 Å². The van der Waals surface area contributed by atoms with Crippen LogP contribution in [0.2, 0.25) is 0 Å². The third-order valence-electron chi connectivity index (χ3n) is 12.1. The fraction of sp³-hybridized carbons (Fsp3) is 0.650. The monoisotopic (exact) mass is 850 g/mol. The molecule has 3 N–H and O–H groups in total. The lowest BCUT2D eigenvalue weighted by Crippen LogP contribution is -2.59. The van der Waals surface area contributed by atoms with Gasteiger partial charge in [0.25, 0.3) is 11.5 Å². The van der Waals surface area contributed by atoms with Gasteiger partial charge in [-0.2, -0.15) is 13.2 Å². The summed E-state index contributed by atoms with van der Waals surface area (Å²) in [5.41, 5.74) is -4.93. The van der Waals surface area contributed by atoms with Gasteiger partial charge in [0.1, 0.15) is 23.7 Å². The maximum absolute atomic E-state index is 14.8. The van der Waals surface area contributed by atoms with Crippen molar-refractivity contribution >= 4 is 44.6 Å². The van der Waals surface area contributed by atoms with Crippen LogP contribution < -0.4 is 25.7 Å². The van der Waals surface area contributed by atoms with Crippen LogP contribution in [0.15, 0.2) is 41.2 Å². The molecule has 6 rings (SSSR count). The highest BCUT2D eigenvalue weighted by molar-refractivity contribution is 7.91. The molecule has 15 nitrogen and oxygen atoms in total. The number of benzene rings is 1. The van der Waals surface area contributed by atoms with Crippen LogP contribution >= 0.6 is 0 Å². The molecule has 2 aromatic rings. The van der Waals surface area contributed by atoms with Gasteiger partial charge in [0, 0.05) is 12.3 Å². The van der Waals surface area contributed by atoms with Crippen molar-refractivity contribution in [1.29, 1.82) is 0 Å². The van der Waals surface area contributed by atoms with Crippen LogP contribution in [0.3, 0.4) is 0 Å². The van der Waals surface area contributed by atoms with Crippen molar-refractivity contribution in [2.45, 2.75) is 140 Å². The number of aromatic nitrogens is 2. The summed E-state index contributed by atoms with van der Waals surface area (Å²) in [6.07, 6.45) is -1.65. The topological polar surface area (TPSA) is 195 Å². The van der Waals surface area contributed by atoms with Crippen LogP contribution in [0, 0.1) is 17.8 Å². The number of nitrogens with zero attached hydrogens (tertiary/aromatic N) is 3. The van der Waals surface area contributed by atoms with Crippen LogP contribution in [-0.2, 0) is 29.1 Å². The fourth-order valence-corrected chi connectivity index (χ4v) is 9.13. The zero-order valence-corrected chi connectivity index (χ0v) is 35.0. The maximum atomic E-state index is 14.8. The smallest absolute Gasteiger partial charge is 0.427 e. The minimum absolute atomic E-state index is 0.0475. The largest absolute Gasteiger partial charge is 0.471 e.